The lowest BCUT2D eigenvalue weighted by Gasteiger charge is -2.19. The zero-order valence-electron chi connectivity index (χ0n) is 33.5. The highest BCUT2D eigenvalue weighted by Gasteiger charge is 2.24. The third kappa shape index (κ3) is 37.8. The Bertz CT molecular complexity index is 990. The van der Waals surface area contributed by atoms with Gasteiger partial charge in [0.05, 0.1) is 6.61 Å². The number of carbonyl (C=O) groups excluding carboxylic acids is 2. The molecule has 0 fully saturated rings. The Morgan fingerprint density at radius 1 is 0.538 bits per heavy atom. The smallest absolute Gasteiger partial charge is 0.462 e. The van der Waals surface area contributed by atoms with E-state index in [1.165, 1.54) is 77.0 Å². The molecule has 0 spiro atoms. The SMILES string of the molecule is CCCCC/C=C\C/C=C\CCCCCCCC(=O)OCC(COP(=O)(O)OC)OC(=O)CCCCCCCCC/C=C\C/C=C\CCCCCC. The Hall–Kier alpha value is -1.99. The summed E-state index contributed by atoms with van der Waals surface area (Å²) in [5, 5.41) is 0. The van der Waals surface area contributed by atoms with Gasteiger partial charge >= 0.3 is 19.8 Å². The molecule has 0 aliphatic carbocycles. The lowest BCUT2D eigenvalue weighted by molar-refractivity contribution is -0.161. The molecule has 0 amide bonds. The Morgan fingerprint density at radius 2 is 0.923 bits per heavy atom. The molecule has 302 valence electrons. The quantitative estimate of drug-likeness (QED) is 0.0287. The predicted molar refractivity (Wildman–Crippen MR) is 216 cm³/mol. The van der Waals surface area contributed by atoms with Crippen LogP contribution in [0.3, 0.4) is 0 Å². The van der Waals surface area contributed by atoms with Gasteiger partial charge in [0.2, 0.25) is 0 Å². The van der Waals surface area contributed by atoms with E-state index in [4.69, 9.17) is 14.0 Å². The van der Waals surface area contributed by atoms with Crippen LogP contribution in [0.2, 0.25) is 0 Å². The topological polar surface area (TPSA) is 108 Å². The fourth-order valence-corrected chi connectivity index (χ4v) is 6.00. The zero-order chi connectivity index (χ0) is 38.2. The molecule has 0 aromatic rings. The molecule has 52 heavy (non-hydrogen) atoms. The van der Waals surface area contributed by atoms with Crippen LogP contribution < -0.4 is 0 Å². The molecule has 8 nitrogen and oxygen atoms in total. The number of esters is 2. The largest absolute Gasteiger partial charge is 0.472 e. The number of hydrogen-bond donors (Lipinski definition) is 1. The summed E-state index contributed by atoms with van der Waals surface area (Å²) in [5.74, 6) is -0.830. The summed E-state index contributed by atoms with van der Waals surface area (Å²) in [5.41, 5.74) is 0. The molecule has 2 atom stereocenters. The first-order valence-corrected chi connectivity index (χ1v) is 22.3. The van der Waals surface area contributed by atoms with Crippen molar-refractivity contribution in [1.29, 1.82) is 0 Å². The number of ether oxygens (including phenoxy) is 2. The summed E-state index contributed by atoms with van der Waals surface area (Å²) in [7, 11) is -3.21. The molecule has 9 heteroatoms. The van der Waals surface area contributed by atoms with E-state index < -0.39 is 26.5 Å². The minimum absolute atomic E-state index is 0.232. The van der Waals surface area contributed by atoms with Crippen molar-refractivity contribution < 1.29 is 37.6 Å². The van der Waals surface area contributed by atoms with Crippen LogP contribution in [-0.2, 0) is 32.7 Å². The molecule has 0 radical (unpaired) electrons. The van der Waals surface area contributed by atoms with Crippen LogP contribution >= 0.6 is 7.82 Å². The lowest BCUT2D eigenvalue weighted by Crippen LogP contribution is -2.29. The molecule has 0 aliphatic rings. The molecule has 2 unspecified atom stereocenters. The van der Waals surface area contributed by atoms with Crippen molar-refractivity contribution in [3.63, 3.8) is 0 Å². The van der Waals surface area contributed by atoms with Crippen molar-refractivity contribution >= 4 is 19.8 Å². The Morgan fingerprint density at radius 3 is 1.38 bits per heavy atom. The predicted octanol–water partition coefficient (Wildman–Crippen LogP) is 13.0. The molecule has 0 aromatic carbocycles. The monoisotopic (exact) mass is 753 g/mol. The molecule has 0 aliphatic heterocycles. The second-order valence-electron chi connectivity index (χ2n) is 13.8. The van der Waals surface area contributed by atoms with Gasteiger partial charge in [-0.2, -0.15) is 0 Å². The molecular formula is C43H77O8P. The lowest BCUT2D eigenvalue weighted by atomic mass is 10.1. The summed E-state index contributed by atoms with van der Waals surface area (Å²) >= 11 is 0. The molecule has 0 bridgehead atoms. The fraction of sp³-hybridized carbons (Fsp3) is 0.767. The van der Waals surface area contributed by atoms with Gasteiger partial charge in [-0.15, -0.1) is 0 Å². The molecule has 0 heterocycles. The molecule has 1 N–H and O–H groups in total. The second-order valence-corrected chi connectivity index (χ2v) is 15.3. The van der Waals surface area contributed by atoms with Gasteiger partial charge in [-0.25, -0.2) is 4.57 Å². The van der Waals surface area contributed by atoms with E-state index in [2.05, 4.69) is 67.0 Å². The Labute approximate surface area is 318 Å². The van der Waals surface area contributed by atoms with Crippen LogP contribution in [0.4, 0.5) is 0 Å². The number of unbranched alkanes of at least 4 members (excludes halogenated alkanes) is 19. The van der Waals surface area contributed by atoms with E-state index in [0.717, 1.165) is 84.2 Å². The molecule has 0 saturated heterocycles. The van der Waals surface area contributed by atoms with Crippen LogP contribution in [-0.4, -0.2) is 43.3 Å². The number of allylic oxidation sites excluding steroid dienone is 8. The maximum absolute atomic E-state index is 12.5. The van der Waals surface area contributed by atoms with Gasteiger partial charge in [0.15, 0.2) is 6.10 Å². The minimum atomic E-state index is -4.27. The van der Waals surface area contributed by atoms with Crippen molar-refractivity contribution in [2.24, 2.45) is 0 Å². The third-order valence-corrected chi connectivity index (χ3v) is 9.73. The van der Waals surface area contributed by atoms with Gasteiger partial charge in [-0.1, -0.05) is 146 Å². The van der Waals surface area contributed by atoms with Gasteiger partial charge < -0.3 is 14.4 Å². The summed E-state index contributed by atoms with van der Waals surface area (Å²) in [6.07, 6.45) is 45.8. The van der Waals surface area contributed by atoms with E-state index >= 15 is 0 Å². The number of phosphoric acid groups is 1. The van der Waals surface area contributed by atoms with Gasteiger partial charge in [-0.05, 0) is 77.0 Å². The van der Waals surface area contributed by atoms with Crippen molar-refractivity contribution in [3.8, 4) is 0 Å². The second kappa shape index (κ2) is 38.7. The summed E-state index contributed by atoms with van der Waals surface area (Å²) < 4.78 is 31.9. The van der Waals surface area contributed by atoms with Gasteiger partial charge in [0.1, 0.15) is 6.61 Å². The van der Waals surface area contributed by atoms with Crippen molar-refractivity contribution in [3.05, 3.63) is 48.6 Å². The summed E-state index contributed by atoms with van der Waals surface area (Å²) in [6, 6.07) is 0. The highest BCUT2D eigenvalue weighted by atomic mass is 31.2. The first-order valence-electron chi connectivity index (χ1n) is 20.8. The van der Waals surface area contributed by atoms with E-state index in [9.17, 15) is 19.0 Å². The van der Waals surface area contributed by atoms with E-state index in [1.807, 2.05) is 0 Å². The Balaban J connectivity index is 4.06. The first-order chi connectivity index (χ1) is 25.3. The van der Waals surface area contributed by atoms with Crippen molar-refractivity contribution in [2.75, 3.05) is 20.3 Å². The molecule has 0 rings (SSSR count). The maximum Gasteiger partial charge on any atom is 0.472 e. The molecular weight excluding hydrogens is 675 g/mol. The average Bonchev–Trinajstić information content (AvgIpc) is 3.13. The number of rotatable bonds is 38. The third-order valence-electron chi connectivity index (χ3n) is 8.80. The Kier molecular flexibility index (Phi) is 37.2. The van der Waals surface area contributed by atoms with Gasteiger partial charge in [0.25, 0.3) is 0 Å². The fourth-order valence-electron chi connectivity index (χ4n) is 5.54. The number of carbonyl (C=O) groups is 2. The van der Waals surface area contributed by atoms with E-state index in [-0.39, 0.29) is 25.4 Å². The summed E-state index contributed by atoms with van der Waals surface area (Å²) in [6.45, 7) is 3.82. The van der Waals surface area contributed by atoms with Crippen LogP contribution in [0.5, 0.6) is 0 Å². The maximum atomic E-state index is 12.5. The number of hydrogen-bond acceptors (Lipinski definition) is 7. The van der Waals surface area contributed by atoms with E-state index in [1.54, 1.807) is 0 Å². The molecule has 0 saturated carbocycles. The van der Waals surface area contributed by atoms with E-state index in [0.29, 0.717) is 6.42 Å². The highest BCUT2D eigenvalue weighted by molar-refractivity contribution is 7.47. The standard InChI is InChI=1S/C43H77O8P/c1-4-6-8-10-12-14-16-18-20-21-22-24-26-28-30-32-34-36-38-43(45)51-41(40-50-52(46,47)48-3)39-49-42(44)37-35-33-31-29-27-25-23-19-17-15-13-11-9-7-5-2/h13-16,19-21,23,41H,4-12,17-18,22,24-40H2,1-3H3,(H,46,47)/b15-13-,16-14-,21-20-,23-19-. The van der Waals surface area contributed by atoms with Gasteiger partial charge in [0, 0.05) is 20.0 Å². The first kappa shape index (κ1) is 50.0. The van der Waals surface area contributed by atoms with Gasteiger partial charge in [-0.3, -0.25) is 18.6 Å². The minimum Gasteiger partial charge on any atom is -0.462 e. The van der Waals surface area contributed by atoms with Crippen molar-refractivity contribution in [2.45, 2.75) is 193 Å². The van der Waals surface area contributed by atoms with Crippen molar-refractivity contribution in [1.82, 2.24) is 0 Å². The molecule has 0 aromatic heterocycles. The van der Waals surface area contributed by atoms with Crippen LogP contribution in [0, 0.1) is 0 Å². The van der Waals surface area contributed by atoms with Crippen LogP contribution in [0.1, 0.15) is 187 Å². The normalized spacial score (nSPS) is 13.8. The summed E-state index contributed by atoms with van der Waals surface area (Å²) in [4.78, 5) is 34.4. The van der Waals surface area contributed by atoms with Crippen LogP contribution in [0.25, 0.3) is 0 Å². The van der Waals surface area contributed by atoms with Crippen LogP contribution in [0.15, 0.2) is 48.6 Å². The highest BCUT2D eigenvalue weighted by Crippen LogP contribution is 2.42. The zero-order valence-corrected chi connectivity index (χ0v) is 34.3. The number of phosphoric ester groups is 1. The average molecular weight is 753 g/mol.